The molecule has 5 heteroatoms. The Bertz CT molecular complexity index is 196. The molecular weight excluding hydrogens is 163 g/mol. The lowest BCUT2D eigenvalue weighted by Crippen LogP contribution is -2.31. The Morgan fingerprint density at radius 3 is 2.58 bits per heavy atom. The van der Waals surface area contributed by atoms with Gasteiger partial charge in [-0.2, -0.15) is 5.26 Å². The smallest absolute Gasteiger partial charge is 0.212 e. The first-order valence-corrected chi connectivity index (χ1v) is 3.65. The van der Waals surface area contributed by atoms with Crippen molar-refractivity contribution in [1.29, 1.82) is 5.26 Å². The fraction of sp³-hybridized carbons (Fsp3) is 0.857. The summed E-state index contributed by atoms with van der Waals surface area (Å²) in [6.07, 6.45) is 0.221. The summed E-state index contributed by atoms with van der Waals surface area (Å²) in [4.78, 5) is 9.57. The van der Waals surface area contributed by atoms with Gasteiger partial charge in [0, 0.05) is 11.3 Å². The Labute approximate surface area is 70.1 Å². The molecule has 1 atom stereocenters. The van der Waals surface area contributed by atoms with E-state index in [4.69, 9.17) is 5.26 Å². The van der Waals surface area contributed by atoms with Crippen LogP contribution in [0.1, 0.15) is 19.8 Å². The standard InChI is InChI=1S/C7H11FN2O2/c1-2-7(5-8,3-4-9)6-10(11)12/h2-3,5-6H2,1H3. The first-order chi connectivity index (χ1) is 5.60. The second kappa shape index (κ2) is 4.65. The zero-order valence-electron chi connectivity index (χ0n) is 6.92. The van der Waals surface area contributed by atoms with Crippen LogP contribution in [0.5, 0.6) is 0 Å². The number of halogens is 1. The third-order valence-corrected chi connectivity index (χ3v) is 1.95. The van der Waals surface area contributed by atoms with Gasteiger partial charge < -0.3 is 0 Å². The van der Waals surface area contributed by atoms with Crippen LogP contribution in [-0.2, 0) is 0 Å². The van der Waals surface area contributed by atoms with E-state index >= 15 is 0 Å². The van der Waals surface area contributed by atoms with E-state index in [1.807, 2.05) is 0 Å². The Morgan fingerprint density at radius 1 is 1.75 bits per heavy atom. The highest BCUT2D eigenvalue weighted by atomic mass is 19.1. The number of nitriles is 1. The van der Waals surface area contributed by atoms with Gasteiger partial charge in [-0.1, -0.05) is 6.92 Å². The van der Waals surface area contributed by atoms with Crippen LogP contribution in [0, 0.1) is 26.9 Å². The summed E-state index contributed by atoms with van der Waals surface area (Å²) in [6.45, 7) is 0.381. The summed E-state index contributed by atoms with van der Waals surface area (Å²) in [5.41, 5.74) is -1.07. The van der Waals surface area contributed by atoms with Gasteiger partial charge in [-0.05, 0) is 6.42 Å². The summed E-state index contributed by atoms with van der Waals surface area (Å²) >= 11 is 0. The molecule has 0 saturated carbocycles. The molecule has 0 spiro atoms. The second-order valence-corrected chi connectivity index (χ2v) is 2.81. The van der Waals surface area contributed by atoms with E-state index in [9.17, 15) is 14.5 Å². The van der Waals surface area contributed by atoms with Crippen LogP contribution >= 0.6 is 0 Å². The van der Waals surface area contributed by atoms with Crippen molar-refractivity contribution in [3.8, 4) is 6.07 Å². The maximum absolute atomic E-state index is 12.4. The number of nitro groups is 1. The van der Waals surface area contributed by atoms with Crippen molar-refractivity contribution in [2.24, 2.45) is 5.41 Å². The number of rotatable bonds is 5. The molecule has 0 aromatic heterocycles. The van der Waals surface area contributed by atoms with Crippen LogP contribution in [0.15, 0.2) is 0 Å². The lowest BCUT2D eigenvalue weighted by atomic mass is 9.84. The zero-order chi connectivity index (χ0) is 9.61. The lowest BCUT2D eigenvalue weighted by molar-refractivity contribution is -0.498. The van der Waals surface area contributed by atoms with E-state index in [1.54, 1.807) is 13.0 Å². The minimum absolute atomic E-state index is 0.0962. The topological polar surface area (TPSA) is 66.9 Å². The average Bonchev–Trinajstić information content (AvgIpc) is 2.03. The molecule has 0 bridgehead atoms. The molecule has 68 valence electrons. The molecule has 0 fully saturated rings. The van der Waals surface area contributed by atoms with Gasteiger partial charge in [0.15, 0.2) is 0 Å². The van der Waals surface area contributed by atoms with Crippen molar-refractivity contribution < 1.29 is 9.31 Å². The largest absolute Gasteiger partial charge is 0.265 e. The van der Waals surface area contributed by atoms with E-state index in [-0.39, 0.29) is 6.42 Å². The summed E-state index contributed by atoms with van der Waals surface area (Å²) in [5, 5.41) is 18.5. The minimum Gasteiger partial charge on any atom is -0.265 e. The van der Waals surface area contributed by atoms with Crippen molar-refractivity contribution in [2.75, 3.05) is 13.2 Å². The quantitative estimate of drug-likeness (QED) is 0.469. The highest BCUT2D eigenvalue weighted by Gasteiger charge is 2.34. The maximum atomic E-state index is 12.4. The van der Waals surface area contributed by atoms with Crippen LogP contribution in [0.2, 0.25) is 0 Å². The van der Waals surface area contributed by atoms with E-state index in [1.165, 1.54) is 0 Å². The zero-order valence-corrected chi connectivity index (χ0v) is 6.92. The van der Waals surface area contributed by atoms with Crippen molar-refractivity contribution in [1.82, 2.24) is 0 Å². The first kappa shape index (κ1) is 10.8. The van der Waals surface area contributed by atoms with Gasteiger partial charge >= 0.3 is 0 Å². The molecule has 0 aromatic carbocycles. The Kier molecular flexibility index (Phi) is 4.19. The van der Waals surface area contributed by atoms with Gasteiger partial charge in [-0.3, -0.25) is 14.5 Å². The Morgan fingerprint density at radius 2 is 2.33 bits per heavy atom. The predicted octanol–water partition coefficient (Wildman–Crippen LogP) is 1.54. The fourth-order valence-electron chi connectivity index (χ4n) is 0.918. The van der Waals surface area contributed by atoms with Crippen LogP contribution in [0.3, 0.4) is 0 Å². The van der Waals surface area contributed by atoms with Crippen LogP contribution < -0.4 is 0 Å². The van der Waals surface area contributed by atoms with Gasteiger partial charge in [0.05, 0.1) is 11.5 Å². The molecular formula is C7H11FN2O2. The number of nitrogens with zero attached hydrogens (tertiary/aromatic N) is 2. The lowest BCUT2D eigenvalue weighted by Gasteiger charge is -2.21. The number of alkyl halides is 1. The highest BCUT2D eigenvalue weighted by molar-refractivity contribution is 4.87. The van der Waals surface area contributed by atoms with Crippen molar-refractivity contribution in [3.05, 3.63) is 10.1 Å². The highest BCUT2D eigenvalue weighted by Crippen LogP contribution is 2.26. The summed E-state index contributed by atoms with van der Waals surface area (Å²) < 4.78 is 12.4. The van der Waals surface area contributed by atoms with E-state index in [2.05, 4.69) is 0 Å². The van der Waals surface area contributed by atoms with Crippen LogP contribution in [-0.4, -0.2) is 18.1 Å². The minimum atomic E-state index is -1.07. The third-order valence-electron chi connectivity index (χ3n) is 1.95. The molecule has 0 N–H and O–H groups in total. The molecule has 4 nitrogen and oxygen atoms in total. The number of hydrogen-bond acceptors (Lipinski definition) is 3. The molecule has 0 heterocycles. The molecule has 0 aliphatic rings. The molecule has 12 heavy (non-hydrogen) atoms. The molecule has 0 radical (unpaired) electrons. The van der Waals surface area contributed by atoms with Gasteiger partial charge in [-0.25, -0.2) is 0 Å². The molecule has 0 aliphatic carbocycles. The van der Waals surface area contributed by atoms with Crippen molar-refractivity contribution in [3.63, 3.8) is 0 Å². The number of hydrogen-bond donors (Lipinski definition) is 0. The molecule has 0 saturated heterocycles. The van der Waals surface area contributed by atoms with Crippen LogP contribution in [0.25, 0.3) is 0 Å². The van der Waals surface area contributed by atoms with Gasteiger partial charge in [0.1, 0.15) is 6.67 Å². The summed E-state index contributed by atoms with van der Waals surface area (Å²) in [7, 11) is 0. The first-order valence-electron chi connectivity index (χ1n) is 3.65. The summed E-state index contributed by atoms with van der Waals surface area (Å²) in [5.74, 6) is 0. The fourth-order valence-corrected chi connectivity index (χ4v) is 0.918. The van der Waals surface area contributed by atoms with Gasteiger partial charge in [-0.15, -0.1) is 0 Å². The molecule has 0 aromatic rings. The normalized spacial score (nSPS) is 14.8. The third kappa shape index (κ3) is 2.82. The molecule has 0 rings (SSSR count). The maximum Gasteiger partial charge on any atom is 0.212 e. The van der Waals surface area contributed by atoms with Gasteiger partial charge in [0.25, 0.3) is 0 Å². The predicted molar refractivity (Wildman–Crippen MR) is 40.8 cm³/mol. The van der Waals surface area contributed by atoms with Crippen molar-refractivity contribution >= 4 is 0 Å². The summed E-state index contributed by atoms with van der Waals surface area (Å²) in [6, 6.07) is 1.77. The van der Waals surface area contributed by atoms with E-state index < -0.39 is 23.6 Å². The van der Waals surface area contributed by atoms with Crippen molar-refractivity contribution in [2.45, 2.75) is 19.8 Å². The Hall–Kier alpha value is -1.18. The molecule has 0 amide bonds. The molecule has 0 aliphatic heterocycles. The SMILES string of the molecule is CCC(CF)(CC#N)C[N+](=O)[O-]. The van der Waals surface area contributed by atoms with E-state index in [0.717, 1.165) is 0 Å². The monoisotopic (exact) mass is 174 g/mol. The molecule has 1 unspecified atom stereocenters. The van der Waals surface area contributed by atoms with Crippen LogP contribution in [0.4, 0.5) is 4.39 Å². The van der Waals surface area contributed by atoms with Gasteiger partial charge in [0.2, 0.25) is 6.54 Å². The van der Waals surface area contributed by atoms with E-state index in [0.29, 0.717) is 6.42 Å². The Balaban J connectivity index is 4.36. The second-order valence-electron chi connectivity index (χ2n) is 2.81. The average molecular weight is 174 g/mol.